The summed E-state index contributed by atoms with van der Waals surface area (Å²) in [7, 11) is 0. The molecule has 1 aromatic carbocycles. The Kier molecular flexibility index (Phi) is 7.25. The average molecular weight is 293 g/mol. The smallest absolute Gasteiger partial charge is 0.251 e. The summed E-state index contributed by atoms with van der Waals surface area (Å²) in [5, 5.41) is 14.2. The van der Waals surface area contributed by atoms with Gasteiger partial charge in [0.15, 0.2) is 0 Å². The lowest BCUT2D eigenvalue weighted by atomic mass is 10.0. The van der Waals surface area contributed by atoms with E-state index in [2.05, 4.69) is 10.6 Å². The molecule has 0 saturated heterocycles. The Balaban J connectivity index is 2.32. The van der Waals surface area contributed by atoms with Gasteiger partial charge in [0.1, 0.15) is 0 Å². The molecule has 0 radical (unpaired) electrons. The van der Waals surface area contributed by atoms with Gasteiger partial charge in [-0.3, -0.25) is 9.59 Å². The molecule has 0 aromatic heterocycles. The van der Waals surface area contributed by atoms with Crippen molar-refractivity contribution in [3.05, 3.63) is 29.8 Å². The van der Waals surface area contributed by atoms with Crippen LogP contribution >= 0.6 is 0 Å². The topological polar surface area (TPSA) is 104 Å². The first-order valence-corrected chi connectivity index (χ1v) is 7.08. The molecule has 1 rings (SSSR count). The summed E-state index contributed by atoms with van der Waals surface area (Å²) in [6, 6.07) is 6.49. The second-order valence-electron chi connectivity index (χ2n) is 4.90. The normalized spacial score (nSPS) is 11.7. The highest BCUT2D eigenvalue weighted by atomic mass is 16.3. The number of anilines is 1. The highest BCUT2D eigenvalue weighted by Gasteiger charge is 2.10. The summed E-state index contributed by atoms with van der Waals surface area (Å²) in [6.45, 7) is 2.56. The minimum absolute atomic E-state index is 0.0707. The van der Waals surface area contributed by atoms with Crippen LogP contribution in [0.25, 0.3) is 0 Å². The number of hydrogen-bond acceptors (Lipinski definition) is 4. The van der Waals surface area contributed by atoms with Crippen LogP contribution in [0.1, 0.15) is 30.1 Å². The van der Waals surface area contributed by atoms with Crippen molar-refractivity contribution in [2.75, 3.05) is 25.4 Å². The summed E-state index contributed by atoms with van der Waals surface area (Å²) in [5.74, 6) is -0.297. The molecule has 0 heterocycles. The van der Waals surface area contributed by atoms with Crippen LogP contribution in [0.15, 0.2) is 24.3 Å². The maximum Gasteiger partial charge on any atom is 0.251 e. The molecule has 2 amide bonds. The van der Waals surface area contributed by atoms with Gasteiger partial charge < -0.3 is 21.5 Å². The molecule has 0 spiro atoms. The monoisotopic (exact) mass is 293 g/mol. The van der Waals surface area contributed by atoms with Crippen LogP contribution < -0.4 is 16.4 Å². The van der Waals surface area contributed by atoms with Crippen LogP contribution in [-0.2, 0) is 4.79 Å². The summed E-state index contributed by atoms with van der Waals surface area (Å²) in [5.41, 5.74) is 6.58. The fraction of sp³-hybridized carbons (Fsp3) is 0.467. The lowest BCUT2D eigenvalue weighted by Crippen LogP contribution is -2.39. The molecule has 0 saturated carbocycles. The van der Waals surface area contributed by atoms with Crippen molar-refractivity contribution in [2.24, 2.45) is 5.92 Å². The maximum atomic E-state index is 11.8. The number of amides is 2. The van der Waals surface area contributed by atoms with Gasteiger partial charge in [-0.1, -0.05) is 13.3 Å². The summed E-state index contributed by atoms with van der Waals surface area (Å²) in [6.07, 6.45) is 1.55. The number of aliphatic hydroxyl groups is 1. The Morgan fingerprint density at radius 3 is 2.48 bits per heavy atom. The summed E-state index contributed by atoms with van der Waals surface area (Å²) >= 11 is 0. The molecule has 116 valence electrons. The molecule has 0 aliphatic heterocycles. The Morgan fingerprint density at radius 2 is 1.90 bits per heavy atom. The lowest BCUT2D eigenvalue weighted by molar-refractivity contribution is -0.120. The van der Waals surface area contributed by atoms with Crippen molar-refractivity contribution in [3.63, 3.8) is 0 Å². The van der Waals surface area contributed by atoms with Gasteiger partial charge in [-0.05, 0) is 36.6 Å². The van der Waals surface area contributed by atoms with Crippen LogP contribution in [-0.4, -0.2) is 36.6 Å². The zero-order valence-corrected chi connectivity index (χ0v) is 12.3. The van der Waals surface area contributed by atoms with E-state index in [1.807, 2.05) is 6.92 Å². The van der Waals surface area contributed by atoms with Gasteiger partial charge in [0.05, 0.1) is 6.54 Å². The van der Waals surface area contributed by atoms with E-state index in [0.717, 1.165) is 6.42 Å². The van der Waals surface area contributed by atoms with Crippen molar-refractivity contribution in [2.45, 2.75) is 19.8 Å². The van der Waals surface area contributed by atoms with Crippen molar-refractivity contribution < 1.29 is 14.7 Å². The second-order valence-corrected chi connectivity index (χ2v) is 4.90. The van der Waals surface area contributed by atoms with E-state index in [-0.39, 0.29) is 30.9 Å². The SMILES string of the molecule is CCC(CCO)CNC(=O)CNC(=O)c1ccc(N)cc1. The Bertz CT molecular complexity index is 460. The third-order valence-corrected chi connectivity index (χ3v) is 3.28. The molecule has 0 aliphatic carbocycles. The van der Waals surface area contributed by atoms with Crippen molar-refractivity contribution in [1.29, 1.82) is 0 Å². The Morgan fingerprint density at radius 1 is 1.24 bits per heavy atom. The van der Waals surface area contributed by atoms with Gasteiger partial charge in [-0.15, -0.1) is 0 Å². The number of nitrogen functional groups attached to an aromatic ring is 1. The van der Waals surface area contributed by atoms with Gasteiger partial charge in [0, 0.05) is 24.4 Å². The Hall–Kier alpha value is -2.08. The van der Waals surface area contributed by atoms with Crippen LogP contribution in [0.5, 0.6) is 0 Å². The quantitative estimate of drug-likeness (QED) is 0.525. The molecular formula is C15H23N3O3. The van der Waals surface area contributed by atoms with Crippen LogP contribution in [0.3, 0.4) is 0 Å². The molecule has 6 nitrogen and oxygen atoms in total. The van der Waals surface area contributed by atoms with E-state index < -0.39 is 0 Å². The predicted octanol–water partition coefficient (Wildman–Crippen LogP) is 0.523. The van der Waals surface area contributed by atoms with Gasteiger partial charge in [-0.2, -0.15) is 0 Å². The number of benzene rings is 1. The highest BCUT2D eigenvalue weighted by molar-refractivity contribution is 5.96. The second kappa shape index (κ2) is 8.97. The maximum absolute atomic E-state index is 11.8. The first kappa shape index (κ1) is 17.0. The third kappa shape index (κ3) is 6.27. The van der Waals surface area contributed by atoms with E-state index in [1.54, 1.807) is 24.3 Å². The van der Waals surface area contributed by atoms with E-state index in [9.17, 15) is 9.59 Å². The zero-order valence-electron chi connectivity index (χ0n) is 12.3. The molecule has 6 heteroatoms. The summed E-state index contributed by atoms with van der Waals surface area (Å²) in [4.78, 5) is 23.4. The zero-order chi connectivity index (χ0) is 15.7. The van der Waals surface area contributed by atoms with Crippen molar-refractivity contribution in [3.8, 4) is 0 Å². The van der Waals surface area contributed by atoms with Crippen LogP contribution in [0, 0.1) is 5.92 Å². The third-order valence-electron chi connectivity index (χ3n) is 3.28. The molecule has 0 aliphatic rings. The lowest BCUT2D eigenvalue weighted by Gasteiger charge is -2.14. The first-order chi connectivity index (χ1) is 10.1. The number of nitrogens with one attached hydrogen (secondary N) is 2. The van der Waals surface area contributed by atoms with Gasteiger partial charge in [0.25, 0.3) is 5.91 Å². The first-order valence-electron chi connectivity index (χ1n) is 7.08. The number of rotatable bonds is 8. The molecule has 5 N–H and O–H groups in total. The predicted molar refractivity (Wildman–Crippen MR) is 81.7 cm³/mol. The summed E-state index contributed by atoms with van der Waals surface area (Å²) < 4.78 is 0. The molecule has 21 heavy (non-hydrogen) atoms. The van der Waals surface area contributed by atoms with E-state index in [0.29, 0.717) is 24.2 Å². The molecule has 1 aromatic rings. The fourth-order valence-corrected chi connectivity index (χ4v) is 1.85. The van der Waals surface area contributed by atoms with E-state index >= 15 is 0 Å². The minimum atomic E-state index is -0.312. The number of aliphatic hydroxyl groups excluding tert-OH is 1. The van der Waals surface area contributed by atoms with Crippen LogP contribution in [0.2, 0.25) is 0 Å². The standard InChI is InChI=1S/C15H23N3O3/c1-2-11(7-8-19)9-17-14(20)10-18-15(21)12-3-5-13(16)6-4-12/h3-6,11,19H,2,7-10,16H2,1H3,(H,17,20)(H,18,21). The van der Waals surface area contributed by atoms with Crippen LogP contribution in [0.4, 0.5) is 5.69 Å². The van der Waals surface area contributed by atoms with Gasteiger partial charge >= 0.3 is 0 Å². The van der Waals surface area contributed by atoms with Crippen molar-refractivity contribution >= 4 is 17.5 Å². The number of nitrogens with two attached hydrogens (primary N) is 1. The average Bonchev–Trinajstić information content (AvgIpc) is 2.49. The number of hydrogen-bond donors (Lipinski definition) is 4. The van der Waals surface area contributed by atoms with Crippen molar-refractivity contribution in [1.82, 2.24) is 10.6 Å². The van der Waals surface area contributed by atoms with Gasteiger partial charge in [-0.25, -0.2) is 0 Å². The van der Waals surface area contributed by atoms with E-state index in [4.69, 9.17) is 10.8 Å². The molecule has 1 unspecified atom stereocenters. The fourth-order valence-electron chi connectivity index (χ4n) is 1.85. The number of carbonyl (C=O) groups excluding carboxylic acids is 2. The minimum Gasteiger partial charge on any atom is -0.399 e. The molecule has 1 atom stereocenters. The number of carbonyl (C=O) groups is 2. The highest BCUT2D eigenvalue weighted by Crippen LogP contribution is 2.06. The van der Waals surface area contributed by atoms with Gasteiger partial charge in [0.2, 0.25) is 5.91 Å². The molecule has 0 bridgehead atoms. The Labute approximate surface area is 124 Å². The molecular weight excluding hydrogens is 270 g/mol. The largest absolute Gasteiger partial charge is 0.399 e. The molecule has 0 fully saturated rings. The van der Waals surface area contributed by atoms with E-state index in [1.165, 1.54) is 0 Å².